The molecule has 1 unspecified atom stereocenters. The number of hydrogen-bond donors (Lipinski definition) is 0. The van der Waals surface area contributed by atoms with Crippen LogP contribution in [0.5, 0.6) is 0 Å². The highest BCUT2D eigenvalue weighted by molar-refractivity contribution is 9.10. The topological polar surface area (TPSA) is 44.1 Å². The second kappa shape index (κ2) is 6.41. The summed E-state index contributed by atoms with van der Waals surface area (Å²) >= 11 is 3.34. The molecule has 0 fully saturated rings. The first-order valence-corrected chi connectivity index (χ1v) is 6.31. The second-order valence-electron chi connectivity index (χ2n) is 3.89. The van der Waals surface area contributed by atoms with E-state index in [-0.39, 0.29) is 5.92 Å². The van der Waals surface area contributed by atoms with E-state index in [0.717, 1.165) is 23.0 Å². The smallest absolute Gasteiger partial charge is 0.152 e. The summed E-state index contributed by atoms with van der Waals surface area (Å²) in [5, 5.41) is 8.84. The molecule has 17 heavy (non-hydrogen) atoms. The summed E-state index contributed by atoms with van der Waals surface area (Å²) in [4.78, 5) is 13.1. The number of carbonyl (C=O) groups excluding carboxylic acids is 1. The summed E-state index contributed by atoms with van der Waals surface area (Å²) in [6.07, 6.45) is 0.847. The normalized spacial score (nSPS) is 11.6. The fourth-order valence-corrected chi connectivity index (χ4v) is 2.06. The maximum Gasteiger partial charge on any atom is 0.152 e. The van der Waals surface area contributed by atoms with Gasteiger partial charge >= 0.3 is 0 Å². The van der Waals surface area contributed by atoms with Gasteiger partial charge in [-0.3, -0.25) is 4.79 Å². The molecule has 1 aromatic carbocycles. The van der Waals surface area contributed by atoms with Gasteiger partial charge in [0.2, 0.25) is 0 Å². The lowest BCUT2D eigenvalue weighted by Gasteiger charge is -2.25. The van der Waals surface area contributed by atoms with E-state index in [1.165, 1.54) is 0 Å². The molecular weight excluding hydrogens is 280 g/mol. The van der Waals surface area contributed by atoms with Crippen LogP contribution in [0.4, 0.5) is 5.69 Å². The number of aldehydes is 1. The van der Waals surface area contributed by atoms with Crippen molar-refractivity contribution in [3.63, 3.8) is 0 Å². The molecule has 4 heteroatoms. The molecule has 0 aliphatic rings. The lowest BCUT2D eigenvalue weighted by atomic mass is 10.1. The summed E-state index contributed by atoms with van der Waals surface area (Å²) in [5.41, 5.74) is 1.53. The van der Waals surface area contributed by atoms with Gasteiger partial charge in [0, 0.05) is 28.8 Å². The number of rotatable bonds is 5. The molecule has 90 valence electrons. The maximum atomic E-state index is 11.0. The predicted molar refractivity (Wildman–Crippen MR) is 72.2 cm³/mol. The fraction of sp³-hybridized carbons (Fsp3) is 0.385. The number of anilines is 1. The van der Waals surface area contributed by atoms with E-state index in [2.05, 4.69) is 22.0 Å². The SMILES string of the molecule is CCN(CC(C)C#N)c1ccc(Br)cc1C=O. The average Bonchev–Trinajstić information content (AvgIpc) is 2.35. The van der Waals surface area contributed by atoms with Crippen LogP contribution in [0.25, 0.3) is 0 Å². The third-order valence-electron chi connectivity index (χ3n) is 2.55. The molecule has 0 aliphatic carbocycles. The molecule has 0 aliphatic heterocycles. The fourth-order valence-electron chi connectivity index (χ4n) is 1.68. The van der Waals surface area contributed by atoms with Crippen molar-refractivity contribution in [3.05, 3.63) is 28.2 Å². The Morgan fingerprint density at radius 1 is 1.59 bits per heavy atom. The Labute approximate surface area is 110 Å². The number of carbonyl (C=O) groups is 1. The summed E-state index contributed by atoms with van der Waals surface area (Å²) in [5.74, 6) is -0.0573. The highest BCUT2D eigenvalue weighted by Crippen LogP contribution is 2.24. The van der Waals surface area contributed by atoms with Crippen molar-refractivity contribution >= 4 is 27.9 Å². The van der Waals surface area contributed by atoms with E-state index in [1.807, 2.05) is 30.9 Å². The van der Waals surface area contributed by atoms with Crippen molar-refractivity contribution in [1.29, 1.82) is 5.26 Å². The van der Waals surface area contributed by atoms with Crippen LogP contribution in [0.1, 0.15) is 24.2 Å². The van der Waals surface area contributed by atoms with Crippen molar-refractivity contribution in [2.24, 2.45) is 5.92 Å². The van der Waals surface area contributed by atoms with E-state index >= 15 is 0 Å². The minimum absolute atomic E-state index is 0.0573. The minimum Gasteiger partial charge on any atom is -0.370 e. The van der Waals surface area contributed by atoms with Gasteiger partial charge in [-0.25, -0.2) is 0 Å². The van der Waals surface area contributed by atoms with Crippen LogP contribution in [0.15, 0.2) is 22.7 Å². The van der Waals surface area contributed by atoms with Gasteiger partial charge in [0.25, 0.3) is 0 Å². The van der Waals surface area contributed by atoms with Gasteiger partial charge in [0.05, 0.1) is 12.0 Å². The molecule has 0 N–H and O–H groups in total. The Balaban J connectivity index is 3.03. The first kappa shape index (κ1) is 13.7. The largest absolute Gasteiger partial charge is 0.370 e. The summed E-state index contributed by atoms with van der Waals surface area (Å²) in [7, 11) is 0. The van der Waals surface area contributed by atoms with Crippen molar-refractivity contribution in [2.75, 3.05) is 18.0 Å². The van der Waals surface area contributed by atoms with Crippen molar-refractivity contribution < 1.29 is 4.79 Å². The highest BCUT2D eigenvalue weighted by atomic mass is 79.9. The van der Waals surface area contributed by atoms with Crippen LogP contribution in [0, 0.1) is 17.2 Å². The van der Waals surface area contributed by atoms with Gasteiger partial charge in [-0.1, -0.05) is 15.9 Å². The molecule has 0 radical (unpaired) electrons. The summed E-state index contributed by atoms with van der Waals surface area (Å²) in [6.45, 7) is 5.30. The Kier molecular flexibility index (Phi) is 5.17. The van der Waals surface area contributed by atoms with Gasteiger partial charge in [0.15, 0.2) is 6.29 Å². The average molecular weight is 295 g/mol. The van der Waals surface area contributed by atoms with Crippen LogP contribution in [-0.4, -0.2) is 19.4 Å². The molecule has 0 aromatic heterocycles. The Morgan fingerprint density at radius 3 is 2.82 bits per heavy atom. The van der Waals surface area contributed by atoms with E-state index in [1.54, 1.807) is 6.07 Å². The van der Waals surface area contributed by atoms with Crippen LogP contribution in [-0.2, 0) is 0 Å². The maximum absolute atomic E-state index is 11.0. The Bertz CT molecular complexity index is 440. The summed E-state index contributed by atoms with van der Waals surface area (Å²) < 4.78 is 0.882. The second-order valence-corrected chi connectivity index (χ2v) is 4.81. The first-order valence-electron chi connectivity index (χ1n) is 5.51. The molecule has 1 atom stereocenters. The van der Waals surface area contributed by atoms with Crippen LogP contribution >= 0.6 is 15.9 Å². The standard InChI is InChI=1S/C13H15BrN2O/c1-3-16(8-10(2)7-15)13-5-4-12(14)6-11(13)9-17/h4-6,9-10H,3,8H2,1-2H3. The first-order chi connectivity index (χ1) is 8.12. The minimum atomic E-state index is -0.0573. The van der Waals surface area contributed by atoms with E-state index in [4.69, 9.17) is 5.26 Å². The molecule has 0 saturated heterocycles. The third-order valence-corrected chi connectivity index (χ3v) is 3.05. The molecule has 0 heterocycles. The number of nitrogens with zero attached hydrogens (tertiary/aromatic N) is 2. The number of benzene rings is 1. The Morgan fingerprint density at radius 2 is 2.29 bits per heavy atom. The van der Waals surface area contributed by atoms with Crippen molar-refractivity contribution in [2.45, 2.75) is 13.8 Å². The monoisotopic (exact) mass is 294 g/mol. The molecule has 0 amide bonds. The highest BCUT2D eigenvalue weighted by Gasteiger charge is 2.12. The van der Waals surface area contributed by atoms with Crippen LogP contribution in [0.2, 0.25) is 0 Å². The molecule has 0 bridgehead atoms. The van der Waals surface area contributed by atoms with E-state index < -0.39 is 0 Å². The van der Waals surface area contributed by atoms with Gasteiger partial charge in [-0.15, -0.1) is 0 Å². The van der Waals surface area contributed by atoms with Crippen molar-refractivity contribution in [3.8, 4) is 6.07 Å². The number of halogens is 1. The molecular formula is C13H15BrN2O. The number of nitriles is 1. The quantitative estimate of drug-likeness (QED) is 0.783. The molecule has 1 rings (SSSR count). The van der Waals surface area contributed by atoms with E-state index in [9.17, 15) is 4.79 Å². The van der Waals surface area contributed by atoms with Gasteiger partial charge in [-0.05, 0) is 32.0 Å². The van der Waals surface area contributed by atoms with E-state index in [0.29, 0.717) is 12.1 Å². The lowest BCUT2D eigenvalue weighted by molar-refractivity contribution is 0.112. The Hall–Kier alpha value is -1.34. The molecule has 0 spiro atoms. The van der Waals surface area contributed by atoms with Gasteiger partial charge < -0.3 is 4.90 Å². The van der Waals surface area contributed by atoms with Gasteiger partial charge in [-0.2, -0.15) is 5.26 Å². The zero-order chi connectivity index (χ0) is 12.8. The molecule has 0 saturated carbocycles. The zero-order valence-corrected chi connectivity index (χ0v) is 11.6. The van der Waals surface area contributed by atoms with Crippen LogP contribution < -0.4 is 4.90 Å². The number of hydrogen-bond acceptors (Lipinski definition) is 3. The lowest BCUT2D eigenvalue weighted by Crippen LogP contribution is -2.28. The summed E-state index contributed by atoms with van der Waals surface area (Å²) in [6, 6.07) is 7.81. The van der Waals surface area contributed by atoms with Gasteiger partial charge in [0.1, 0.15) is 0 Å². The molecule has 1 aromatic rings. The van der Waals surface area contributed by atoms with Crippen LogP contribution in [0.3, 0.4) is 0 Å². The van der Waals surface area contributed by atoms with Crippen molar-refractivity contribution in [1.82, 2.24) is 0 Å². The zero-order valence-electron chi connectivity index (χ0n) is 9.98. The third kappa shape index (κ3) is 3.57. The predicted octanol–water partition coefficient (Wildman–Crippen LogP) is 3.25. The molecule has 3 nitrogen and oxygen atoms in total.